The van der Waals surface area contributed by atoms with E-state index in [9.17, 15) is 5.11 Å². The van der Waals surface area contributed by atoms with E-state index in [-0.39, 0.29) is 5.06 Å². The van der Waals surface area contributed by atoms with Crippen molar-refractivity contribution in [2.24, 2.45) is 4.99 Å². The van der Waals surface area contributed by atoms with Gasteiger partial charge in [-0.05, 0) is 24.6 Å². The average molecular weight is 364 g/mol. The standard InChI is InChI=1S/C20H16N2OS2/c1-13-16(15-9-5-6-10-17(15)21-13)11-18-19(23)25-20(22-18)24-12-14-7-3-2-4-8-14/h2-11,23H,12H2,1H3. The Hall–Kier alpha value is -2.37. The molecule has 124 valence electrons. The number of aromatic hydroxyl groups is 1. The van der Waals surface area contributed by atoms with Gasteiger partial charge in [0.2, 0.25) is 0 Å². The molecule has 1 aromatic heterocycles. The van der Waals surface area contributed by atoms with E-state index in [0.717, 1.165) is 32.6 Å². The molecule has 0 saturated heterocycles. The highest BCUT2D eigenvalue weighted by atomic mass is 32.2. The minimum absolute atomic E-state index is 0.250. The summed E-state index contributed by atoms with van der Waals surface area (Å²) in [5.41, 5.74) is 5.89. The van der Waals surface area contributed by atoms with Gasteiger partial charge in [-0.15, -0.1) is 0 Å². The SMILES string of the molecule is CC1=Nc2ccccc2C1=Cc1nc(SCc2ccccc2)sc1O. The molecular weight excluding hydrogens is 348 g/mol. The Labute approximate surface area is 154 Å². The van der Waals surface area contributed by atoms with E-state index < -0.39 is 0 Å². The van der Waals surface area contributed by atoms with Crippen LogP contribution in [0.3, 0.4) is 0 Å². The fourth-order valence-corrected chi connectivity index (χ4v) is 4.55. The van der Waals surface area contributed by atoms with Crippen molar-refractivity contribution in [1.29, 1.82) is 0 Å². The molecule has 1 aliphatic rings. The first-order valence-electron chi connectivity index (χ1n) is 7.94. The van der Waals surface area contributed by atoms with Crippen LogP contribution in [-0.2, 0) is 5.75 Å². The van der Waals surface area contributed by atoms with Gasteiger partial charge in [-0.1, -0.05) is 71.6 Å². The Morgan fingerprint density at radius 1 is 1.08 bits per heavy atom. The van der Waals surface area contributed by atoms with E-state index in [4.69, 9.17) is 0 Å². The maximum atomic E-state index is 10.3. The van der Waals surface area contributed by atoms with Gasteiger partial charge in [0.1, 0.15) is 5.69 Å². The van der Waals surface area contributed by atoms with Crippen LogP contribution in [0.25, 0.3) is 11.6 Å². The van der Waals surface area contributed by atoms with E-state index in [1.165, 1.54) is 16.9 Å². The second-order valence-corrected chi connectivity index (χ2v) is 7.92. The van der Waals surface area contributed by atoms with E-state index in [1.807, 2.05) is 49.4 Å². The summed E-state index contributed by atoms with van der Waals surface area (Å²) in [6.07, 6.45) is 1.93. The maximum Gasteiger partial charge on any atom is 0.200 e. The second-order valence-electron chi connectivity index (χ2n) is 5.72. The van der Waals surface area contributed by atoms with Gasteiger partial charge in [0.25, 0.3) is 0 Å². The number of hydrogen-bond acceptors (Lipinski definition) is 5. The molecule has 1 aliphatic heterocycles. The zero-order chi connectivity index (χ0) is 17.2. The number of para-hydroxylation sites is 1. The van der Waals surface area contributed by atoms with Crippen LogP contribution in [0.5, 0.6) is 5.06 Å². The van der Waals surface area contributed by atoms with Gasteiger partial charge >= 0.3 is 0 Å². The molecule has 2 heterocycles. The summed E-state index contributed by atoms with van der Waals surface area (Å²) in [5, 5.41) is 10.5. The molecule has 0 aliphatic carbocycles. The molecule has 5 heteroatoms. The Balaban J connectivity index is 1.58. The van der Waals surface area contributed by atoms with Crippen LogP contribution in [0.15, 0.2) is 63.9 Å². The minimum Gasteiger partial charge on any atom is -0.498 e. The molecular formula is C20H16N2OS2. The third-order valence-corrected chi connectivity index (χ3v) is 6.06. The summed E-state index contributed by atoms with van der Waals surface area (Å²) < 4.78 is 0.870. The number of nitrogens with zero attached hydrogens (tertiary/aromatic N) is 2. The molecule has 2 aromatic carbocycles. The number of aliphatic imine (C=N–C) groups is 1. The fourth-order valence-electron chi connectivity index (χ4n) is 2.73. The molecule has 0 bridgehead atoms. The largest absolute Gasteiger partial charge is 0.498 e. The molecule has 0 amide bonds. The fraction of sp³-hybridized carbons (Fsp3) is 0.100. The lowest BCUT2D eigenvalue weighted by atomic mass is 10.0. The highest BCUT2D eigenvalue weighted by Gasteiger charge is 2.19. The van der Waals surface area contributed by atoms with Gasteiger partial charge < -0.3 is 5.11 Å². The number of allylic oxidation sites excluding steroid dienone is 1. The first-order chi connectivity index (χ1) is 12.2. The summed E-state index contributed by atoms with van der Waals surface area (Å²) in [6.45, 7) is 1.99. The van der Waals surface area contributed by atoms with Crippen LogP contribution in [0.4, 0.5) is 5.69 Å². The van der Waals surface area contributed by atoms with Gasteiger partial charge in [-0.3, -0.25) is 4.99 Å². The number of benzene rings is 2. The van der Waals surface area contributed by atoms with Crippen molar-refractivity contribution in [2.45, 2.75) is 17.0 Å². The lowest BCUT2D eigenvalue weighted by Crippen LogP contribution is -1.90. The number of aromatic nitrogens is 1. The van der Waals surface area contributed by atoms with Crippen LogP contribution in [-0.4, -0.2) is 15.8 Å². The van der Waals surface area contributed by atoms with Crippen molar-refractivity contribution < 1.29 is 5.11 Å². The van der Waals surface area contributed by atoms with Crippen molar-refractivity contribution in [1.82, 2.24) is 4.98 Å². The van der Waals surface area contributed by atoms with E-state index in [1.54, 1.807) is 11.8 Å². The van der Waals surface area contributed by atoms with Gasteiger partial charge in [0.15, 0.2) is 9.40 Å². The van der Waals surface area contributed by atoms with E-state index in [0.29, 0.717) is 5.69 Å². The number of thiazole rings is 1. The van der Waals surface area contributed by atoms with Crippen LogP contribution in [0, 0.1) is 0 Å². The highest BCUT2D eigenvalue weighted by Crippen LogP contribution is 2.39. The maximum absolute atomic E-state index is 10.3. The minimum atomic E-state index is 0.250. The van der Waals surface area contributed by atoms with E-state index >= 15 is 0 Å². The highest BCUT2D eigenvalue weighted by molar-refractivity contribution is 8.00. The van der Waals surface area contributed by atoms with Gasteiger partial charge in [-0.25, -0.2) is 4.98 Å². The third kappa shape index (κ3) is 3.38. The lowest BCUT2D eigenvalue weighted by Gasteiger charge is -2.00. The summed E-state index contributed by atoms with van der Waals surface area (Å²) in [6, 6.07) is 18.3. The monoisotopic (exact) mass is 364 g/mol. The molecule has 4 rings (SSSR count). The lowest BCUT2D eigenvalue weighted by molar-refractivity contribution is 0.488. The molecule has 1 N–H and O–H groups in total. The van der Waals surface area contributed by atoms with Crippen molar-refractivity contribution in [3.63, 3.8) is 0 Å². The van der Waals surface area contributed by atoms with Gasteiger partial charge in [0, 0.05) is 22.6 Å². The average Bonchev–Trinajstić information content (AvgIpc) is 3.14. The normalized spacial score (nSPS) is 14.6. The summed E-state index contributed by atoms with van der Waals surface area (Å²) >= 11 is 2.96. The predicted octanol–water partition coefficient (Wildman–Crippen LogP) is 5.79. The Kier molecular flexibility index (Phi) is 4.42. The van der Waals surface area contributed by atoms with Crippen LogP contribution < -0.4 is 0 Å². The molecule has 0 unspecified atom stereocenters. The molecule has 3 nitrogen and oxygen atoms in total. The smallest absolute Gasteiger partial charge is 0.200 e. The first kappa shape index (κ1) is 16.1. The Morgan fingerprint density at radius 2 is 1.84 bits per heavy atom. The van der Waals surface area contributed by atoms with Gasteiger partial charge in [-0.2, -0.15) is 0 Å². The first-order valence-corrected chi connectivity index (χ1v) is 9.74. The molecule has 0 saturated carbocycles. The van der Waals surface area contributed by atoms with Gasteiger partial charge in [0.05, 0.1) is 5.69 Å². The predicted molar refractivity (Wildman–Crippen MR) is 107 cm³/mol. The molecule has 25 heavy (non-hydrogen) atoms. The number of rotatable bonds is 4. The zero-order valence-electron chi connectivity index (χ0n) is 13.6. The van der Waals surface area contributed by atoms with Crippen molar-refractivity contribution in [2.75, 3.05) is 0 Å². The van der Waals surface area contributed by atoms with Crippen LogP contribution >= 0.6 is 23.1 Å². The molecule has 3 aromatic rings. The second kappa shape index (κ2) is 6.86. The molecule has 0 radical (unpaired) electrons. The van der Waals surface area contributed by atoms with Crippen LogP contribution in [0.2, 0.25) is 0 Å². The summed E-state index contributed by atoms with van der Waals surface area (Å²) in [7, 11) is 0. The van der Waals surface area contributed by atoms with E-state index in [2.05, 4.69) is 28.2 Å². The number of thioether (sulfide) groups is 1. The Morgan fingerprint density at radius 3 is 2.68 bits per heavy atom. The summed E-state index contributed by atoms with van der Waals surface area (Å²) in [5.74, 6) is 0.840. The quantitative estimate of drug-likeness (QED) is 0.596. The molecule has 0 atom stereocenters. The van der Waals surface area contributed by atoms with Crippen LogP contribution in [0.1, 0.15) is 23.7 Å². The number of fused-ring (bicyclic) bond motifs is 1. The number of hydrogen-bond donors (Lipinski definition) is 1. The van der Waals surface area contributed by atoms with Crippen molar-refractivity contribution in [3.05, 3.63) is 71.4 Å². The topological polar surface area (TPSA) is 45.5 Å². The van der Waals surface area contributed by atoms with Crippen molar-refractivity contribution in [3.8, 4) is 5.06 Å². The zero-order valence-corrected chi connectivity index (χ0v) is 15.3. The summed E-state index contributed by atoms with van der Waals surface area (Å²) in [4.78, 5) is 9.18. The molecule has 0 fully saturated rings. The molecule has 0 spiro atoms. The Bertz CT molecular complexity index is 974. The third-order valence-electron chi connectivity index (χ3n) is 3.97. The van der Waals surface area contributed by atoms with Crippen molar-refractivity contribution >= 4 is 46.1 Å².